The van der Waals surface area contributed by atoms with Crippen LogP contribution >= 0.6 is 0 Å². The van der Waals surface area contributed by atoms with Crippen LogP contribution in [0.3, 0.4) is 0 Å². The molecule has 0 radical (unpaired) electrons. The maximum absolute atomic E-state index is 11.9. The van der Waals surface area contributed by atoms with E-state index in [2.05, 4.69) is 10.3 Å². The number of aromatic amines is 1. The average molecular weight is 327 g/mol. The van der Waals surface area contributed by atoms with Gasteiger partial charge in [-0.1, -0.05) is 6.92 Å². The highest BCUT2D eigenvalue weighted by molar-refractivity contribution is 5.78. The molecule has 9 nitrogen and oxygen atoms in total. The first-order valence-electron chi connectivity index (χ1n) is 7.51. The second-order valence-electron chi connectivity index (χ2n) is 5.46. The summed E-state index contributed by atoms with van der Waals surface area (Å²) in [6.07, 6.45) is -0.492. The molecule has 3 atom stereocenters. The molecule has 0 saturated carbocycles. The number of H-pyrrole nitrogens is 1. The zero-order valence-corrected chi connectivity index (χ0v) is 12.8. The van der Waals surface area contributed by atoms with Crippen LogP contribution in [-0.4, -0.2) is 51.0 Å². The average Bonchev–Trinajstić information content (AvgIpc) is 2.88. The van der Waals surface area contributed by atoms with Crippen LogP contribution in [0.25, 0.3) is 0 Å². The number of aliphatic hydroxyl groups is 2. The molecule has 1 aliphatic heterocycles. The fourth-order valence-corrected chi connectivity index (χ4v) is 2.42. The van der Waals surface area contributed by atoms with Crippen molar-refractivity contribution in [2.24, 2.45) is 0 Å². The summed E-state index contributed by atoms with van der Waals surface area (Å²) in [4.78, 5) is 37.6. The molecule has 0 aromatic carbocycles. The fourth-order valence-electron chi connectivity index (χ4n) is 2.42. The molecular formula is C14H21N3O6. The molecule has 9 heteroatoms. The van der Waals surface area contributed by atoms with Crippen LogP contribution in [0.2, 0.25) is 0 Å². The molecule has 1 saturated heterocycles. The van der Waals surface area contributed by atoms with Crippen molar-refractivity contribution in [2.45, 2.75) is 44.6 Å². The van der Waals surface area contributed by atoms with Crippen LogP contribution < -0.4 is 16.6 Å². The van der Waals surface area contributed by atoms with E-state index < -0.39 is 29.7 Å². The molecule has 2 rings (SSSR count). The molecule has 1 fully saturated rings. The second kappa shape index (κ2) is 7.53. The van der Waals surface area contributed by atoms with E-state index in [1.807, 2.05) is 6.92 Å². The highest BCUT2D eigenvalue weighted by Crippen LogP contribution is 2.27. The van der Waals surface area contributed by atoms with E-state index >= 15 is 0 Å². The minimum Gasteiger partial charge on any atom is -0.394 e. The van der Waals surface area contributed by atoms with Crippen molar-refractivity contribution >= 4 is 5.91 Å². The predicted octanol–water partition coefficient (Wildman–Crippen LogP) is -1.75. The summed E-state index contributed by atoms with van der Waals surface area (Å²) in [5.74, 6) is -0.317. The number of nitrogens with one attached hydrogen (secondary N) is 2. The highest BCUT2D eigenvalue weighted by Gasteiger charge is 2.35. The monoisotopic (exact) mass is 327 g/mol. The Labute approximate surface area is 131 Å². The van der Waals surface area contributed by atoms with Gasteiger partial charge in [0.15, 0.2) is 0 Å². The highest BCUT2D eigenvalue weighted by atomic mass is 16.5. The molecule has 2 heterocycles. The summed E-state index contributed by atoms with van der Waals surface area (Å²) in [5, 5.41) is 21.5. The van der Waals surface area contributed by atoms with Gasteiger partial charge in [-0.15, -0.1) is 0 Å². The van der Waals surface area contributed by atoms with Gasteiger partial charge in [0, 0.05) is 24.7 Å². The molecule has 0 bridgehead atoms. The van der Waals surface area contributed by atoms with Crippen molar-refractivity contribution in [1.82, 2.24) is 14.9 Å². The van der Waals surface area contributed by atoms with Crippen LogP contribution in [-0.2, 0) is 16.0 Å². The number of aromatic nitrogens is 2. The van der Waals surface area contributed by atoms with Crippen molar-refractivity contribution in [2.75, 3.05) is 13.2 Å². The number of carbonyl (C=O) groups is 1. The number of hydrogen-bond acceptors (Lipinski definition) is 6. The summed E-state index contributed by atoms with van der Waals surface area (Å²) >= 11 is 0. The van der Waals surface area contributed by atoms with Crippen LogP contribution in [0.1, 0.15) is 31.6 Å². The molecule has 1 aromatic rings. The molecule has 4 N–H and O–H groups in total. The third-order valence-corrected chi connectivity index (χ3v) is 3.66. The Kier molecular flexibility index (Phi) is 5.69. The van der Waals surface area contributed by atoms with Crippen LogP contribution in [0.4, 0.5) is 0 Å². The first-order valence-corrected chi connectivity index (χ1v) is 7.51. The number of aliphatic hydroxyl groups excluding tert-OH is 2. The molecule has 1 aliphatic rings. The van der Waals surface area contributed by atoms with Gasteiger partial charge in [-0.2, -0.15) is 0 Å². The smallest absolute Gasteiger partial charge is 0.330 e. The van der Waals surface area contributed by atoms with Gasteiger partial charge in [-0.3, -0.25) is 19.1 Å². The van der Waals surface area contributed by atoms with Gasteiger partial charge in [0.1, 0.15) is 12.3 Å². The topological polar surface area (TPSA) is 134 Å². The maximum Gasteiger partial charge on any atom is 0.330 e. The van der Waals surface area contributed by atoms with Gasteiger partial charge in [0.05, 0.1) is 19.1 Å². The Balaban J connectivity index is 2.22. The lowest BCUT2D eigenvalue weighted by molar-refractivity contribution is -0.120. The fraction of sp³-hybridized carbons (Fsp3) is 0.643. The Bertz CT molecular complexity index is 667. The molecule has 0 unspecified atom stereocenters. The zero-order chi connectivity index (χ0) is 17.0. The lowest BCUT2D eigenvalue weighted by Crippen LogP contribution is -2.36. The van der Waals surface area contributed by atoms with E-state index in [-0.39, 0.29) is 30.9 Å². The minimum atomic E-state index is -0.903. The van der Waals surface area contributed by atoms with Gasteiger partial charge in [-0.25, -0.2) is 4.79 Å². The van der Waals surface area contributed by atoms with Gasteiger partial charge in [0.25, 0.3) is 5.56 Å². The molecule has 23 heavy (non-hydrogen) atoms. The van der Waals surface area contributed by atoms with E-state index in [0.717, 1.165) is 11.0 Å². The Morgan fingerprint density at radius 1 is 1.52 bits per heavy atom. The van der Waals surface area contributed by atoms with E-state index in [4.69, 9.17) is 9.84 Å². The van der Waals surface area contributed by atoms with Gasteiger partial charge >= 0.3 is 5.69 Å². The molecule has 0 spiro atoms. The summed E-state index contributed by atoms with van der Waals surface area (Å²) in [7, 11) is 0. The summed E-state index contributed by atoms with van der Waals surface area (Å²) < 4.78 is 6.52. The van der Waals surface area contributed by atoms with Crippen LogP contribution in [0, 0.1) is 0 Å². The lowest BCUT2D eigenvalue weighted by Gasteiger charge is -2.15. The number of nitrogens with zero attached hydrogens (tertiary/aromatic N) is 1. The van der Waals surface area contributed by atoms with Crippen molar-refractivity contribution in [1.29, 1.82) is 0 Å². The van der Waals surface area contributed by atoms with E-state index in [1.165, 1.54) is 6.20 Å². The molecule has 0 aliphatic carbocycles. The first kappa shape index (κ1) is 17.4. The third-order valence-electron chi connectivity index (χ3n) is 3.66. The number of amides is 1. The summed E-state index contributed by atoms with van der Waals surface area (Å²) in [6, 6.07) is 0. The predicted molar refractivity (Wildman–Crippen MR) is 79.9 cm³/mol. The van der Waals surface area contributed by atoms with Gasteiger partial charge < -0.3 is 20.3 Å². The normalized spacial score (nSPS) is 23.9. The van der Waals surface area contributed by atoms with Crippen molar-refractivity contribution < 1.29 is 19.7 Å². The number of carbonyl (C=O) groups excluding carboxylic acids is 1. The number of hydrogen-bond donors (Lipinski definition) is 4. The van der Waals surface area contributed by atoms with E-state index in [1.54, 1.807) is 0 Å². The quantitative estimate of drug-likeness (QED) is 0.489. The van der Waals surface area contributed by atoms with Gasteiger partial charge in [0.2, 0.25) is 5.91 Å². The van der Waals surface area contributed by atoms with Crippen LogP contribution in [0.5, 0.6) is 0 Å². The standard InChI is InChI=1S/C14H21N3O6/c1-2-3-15-11(20)4-8-6-17(14(22)16-13(8)21)12-5-9(19)10(7-18)23-12/h6,9-10,12,18-19H,2-5,7H2,1H3,(H,15,20)(H,16,21,22)/t9-,10+,12+/m0/s1. The molecule has 128 valence electrons. The first-order chi connectivity index (χ1) is 11.0. The molecule has 1 aromatic heterocycles. The van der Waals surface area contributed by atoms with Crippen molar-refractivity contribution in [3.05, 3.63) is 32.6 Å². The maximum atomic E-state index is 11.9. The molecular weight excluding hydrogens is 306 g/mol. The number of rotatable bonds is 6. The van der Waals surface area contributed by atoms with E-state index in [0.29, 0.717) is 6.54 Å². The van der Waals surface area contributed by atoms with Crippen LogP contribution in [0.15, 0.2) is 15.8 Å². The summed E-state index contributed by atoms with van der Waals surface area (Å²) in [5.41, 5.74) is -1.19. The Morgan fingerprint density at radius 3 is 2.87 bits per heavy atom. The van der Waals surface area contributed by atoms with Crippen molar-refractivity contribution in [3.63, 3.8) is 0 Å². The van der Waals surface area contributed by atoms with Crippen molar-refractivity contribution in [3.8, 4) is 0 Å². The summed E-state index contributed by atoms with van der Waals surface area (Å²) in [6.45, 7) is 2.04. The third kappa shape index (κ3) is 4.06. The van der Waals surface area contributed by atoms with E-state index in [9.17, 15) is 19.5 Å². The largest absolute Gasteiger partial charge is 0.394 e. The Morgan fingerprint density at radius 2 is 2.26 bits per heavy atom. The Hall–Kier alpha value is -1.97. The minimum absolute atomic E-state index is 0.110. The van der Waals surface area contributed by atoms with Gasteiger partial charge in [-0.05, 0) is 6.42 Å². The lowest BCUT2D eigenvalue weighted by atomic mass is 10.2. The number of ether oxygens (including phenoxy) is 1. The SMILES string of the molecule is CCCNC(=O)Cc1cn([C@H]2C[C@H](O)[C@@H](CO)O2)c(=O)[nH]c1=O. The second-order valence-corrected chi connectivity index (χ2v) is 5.46. The zero-order valence-electron chi connectivity index (χ0n) is 12.8. The molecule has 1 amide bonds.